The van der Waals surface area contributed by atoms with E-state index in [-0.39, 0.29) is 34.8 Å². The summed E-state index contributed by atoms with van der Waals surface area (Å²) in [5, 5.41) is 7.81. The molecule has 2 saturated carbocycles. The van der Waals surface area contributed by atoms with Crippen LogP contribution in [0.3, 0.4) is 0 Å². The van der Waals surface area contributed by atoms with Gasteiger partial charge in [0.1, 0.15) is 0 Å². The van der Waals surface area contributed by atoms with E-state index in [0.717, 1.165) is 18.7 Å². The summed E-state index contributed by atoms with van der Waals surface area (Å²) >= 11 is 0. The van der Waals surface area contributed by atoms with Crippen molar-refractivity contribution in [2.75, 3.05) is 6.61 Å². The Morgan fingerprint density at radius 3 is 2.70 bits per heavy atom. The summed E-state index contributed by atoms with van der Waals surface area (Å²) in [5.74, 6) is 1.28. The molecule has 2 heterocycles. The van der Waals surface area contributed by atoms with Crippen LogP contribution in [-0.4, -0.2) is 28.3 Å². The second kappa shape index (κ2) is 6.94. The molecular weight excluding hydrogens is 374 g/mol. The van der Waals surface area contributed by atoms with E-state index in [1.165, 1.54) is 18.4 Å². The molecule has 1 unspecified atom stereocenters. The number of ether oxygens (including phenoxy) is 1. The van der Waals surface area contributed by atoms with Crippen molar-refractivity contribution in [3.63, 3.8) is 0 Å². The van der Waals surface area contributed by atoms with E-state index in [9.17, 15) is 4.79 Å². The van der Waals surface area contributed by atoms with Gasteiger partial charge in [0, 0.05) is 31.0 Å². The van der Waals surface area contributed by atoms with Gasteiger partial charge in [-0.05, 0) is 65.7 Å². The van der Waals surface area contributed by atoms with Crippen molar-refractivity contribution in [1.82, 2.24) is 15.1 Å². The molecule has 1 saturated heterocycles. The first-order chi connectivity index (χ1) is 14.3. The Kier molecular flexibility index (Phi) is 4.58. The minimum atomic E-state index is 0.0141. The van der Waals surface area contributed by atoms with E-state index in [1.807, 2.05) is 30.8 Å². The first-order valence-corrected chi connectivity index (χ1v) is 11.3. The van der Waals surface area contributed by atoms with Gasteiger partial charge < -0.3 is 10.1 Å². The summed E-state index contributed by atoms with van der Waals surface area (Å²) in [6.45, 7) is 9.45. The van der Waals surface area contributed by atoms with Gasteiger partial charge in [0.15, 0.2) is 0 Å². The SMILES string of the molecule is CC(C)C(=O)N[C@@H]1C(C)(C)[C@@H]2C[C@@H]3[C@@H](c4ccc(-n5cccn5)cc4)OCCC31C2. The Balaban J connectivity index is 1.45. The number of carbonyl (C=O) groups excluding carboxylic acids is 1. The maximum Gasteiger partial charge on any atom is 0.222 e. The normalized spacial score (nSPS) is 34.2. The van der Waals surface area contributed by atoms with Gasteiger partial charge in [-0.3, -0.25) is 4.79 Å². The molecule has 2 bridgehead atoms. The van der Waals surface area contributed by atoms with Gasteiger partial charge >= 0.3 is 0 Å². The van der Waals surface area contributed by atoms with Gasteiger partial charge in [-0.1, -0.05) is 39.8 Å². The molecule has 1 aromatic heterocycles. The largest absolute Gasteiger partial charge is 0.373 e. The molecule has 30 heavy (non-hydrogen) atoms. The molecule has 5 rings (SSSR count). The van der Waals surface area contributed by atoms with Crippen molar-refractivity contribution in [1.29, 1.82) is 0 Å². The number of amides is 1. The number of nitrogens with zero attached hydrogens (tertiary/aromatic N) is 2. The number of rotatable bonds is 4. The van der Waals surface area contributed by atoms with Crippen molar-refractivity contribution in [3.8, 4) is 5.69 Å². The van der Waals surface area contributed by atoms with E-state index < -0.39 is 0 Å². The standard InChI is InChI=1S/C25H33N3O2/c1-16(2)22(29)27-23-24(3,4)18-14-20-21(30-13-10-25(20,23)15-18)17-6-8-19(9-7-17)28-12-5-11-26-28/h5-9,11-12,16,18,20-21,23H,10,13-15H2,1-4H3,(H,27,29)/t18-,20-,21-,23-,25?/m1/s1. The lowest BCUT2D eigenvalue weighted by atomic mass is 9.58. The Morgan fingerprint density at radius 2 is 2.03 bits per heavy atom. The Labute approximate surface area is 179 Å². The highest BCUT2D eigenvalue weighted by atomic mass is 16.5. The second-order valence-electron chi connectivity index (χ2n) is 10.5. The van der Waals surface area contributed by atoms with Crippen LogP contribution in [0.5, 0.6) is 0 Å². The van der Waals surface area contributed by atoms with Gasteiger partial charge in [-0.15, -0.1) is 0 Å². The van der Waals surface area contributed by atoms with Crippen LogP contribution in [0.1, 0.15) is 58.6 Å². The highest BCUT2D eigenvalue weighted by molar-refractivity contribution is 5.78. The molecule has 160 valence electrons. The molecule has 2 aliphatic carbocycles. The molecule has 2 aromatic rings. The van der Waals surface area contributed by atoms with E-state index in [4.69, 9.17) is 4.74 Å². The van der Waals surface area contributed by atoms with Crippen LogP contribution in [-0.2, 0) is 9.53 Å². The summed E-state index contributed by atoms with van der Waals surface area (Å²) in [4.78, 5) is 12.7. The zero-order chi connectivity index (χ0) is 21.1. The number of nitrogens with one attached hydrogen (secondary N) is 1. The molecule has 5 nitrogen and oxygen atoms in total. The summed E-state index contributed by atoms with van der Waals surface area (Å²) in [6.07, 6.45) is 7.30. The van der Waals surface area contributed by atoms with E-state index in [2.05, 4.69) is 48.5 Å². The van der Waals surface area contributed by atoms with Gasteiger partial charge in [0.25, 0.3) is 0 Å². The van der Waals surface area contributed by atoms with Crippen molar-refractivity contribution < 1.29 is 9.53 Å². The van der Waals surface area contributed by atoms with Crippen LogP contribution in [0.15, 0.2) is 42.7 Å². The number of aromatic nitrogens is 2. The number of fused-ring (bicyclic) bond motifs is 1. The minimum Gasteiger partial charge on any atom is -0.373 e. The number of hydrogen-bond donors (Lipinski definition) is 1. The number of hydrogen-bond acceptors (Lipinski definition) is 3. The van der Waals surface area contributed by atoms with Crippen molar-refractivity contribution in [3.05, 3.63) is 48.3 Å². The Bertz CT molecular complexity index is 918. The van der Waals surface area contributed by atoms with Crippen molar-refractivity contribution in [2.24, 2.45) is 28.6 Å². The van der Waals surface area contributed by atoms with Crippen LogP contribution in [0.2, 0.25) is 0 Å². The second-order valence-corrected chi connectivity index (χ2v) is 10.5. The molecular formula is C25H33N3O2. The van der Waals surface area contributed by atoms with Crippen LogP contribution in [0.25, 0.3) is 5.69 Å². The molecule has 1 amide bonds. The van der Waals surface area contributed by atoms with E-state index in [1.54, 1.807) is 6.20 Å². The summed E-state index contributed by atoms with van der Waals surface area (Å²) in [6, 6.07) is 10.8. The van der Waals surface area contributed by atoms with Crippen LogP contribution < -0.4 is 5.32 Å². The smallest absolute Gasteiger partial charge is 0.222 e. The first-order valence-electron chi connectivity index (χ1n) is 11.3. The number of carbonyl (C=O) groups is 1. The monoisotopic (exact) mass is 407 g/mol. The zero-order valence-electron chi connectivity index (χ0n) is 18.5. The van der Waals surface area contributed by atoms with E-state index >= 15 is 0 Å². The van der Waals surface area contributed by atoms with E-state index in [0.29, 0.717) is 11.8 Å². The third-order valence-electron chi connectivity index (χ3n) is 8.31. The predicted molar refractivity (Wildman–Crippen MR) is 116 cm³/mol. The summed E-state index contributed by atoms with van der Waals surface area (Å²) in [5.41, 5.74) is 2.58. The molecule has 1 spiro atoms. The highest BCUT2D eigenvalue weighted by Gasteiger charge is 2.68. The lowest BCUT2D eigenvalue weighted by molar-refractivity contribution is -0.139. The third kappa shape index (κ3) is 2.85. The lowest BCUT2D eigenvalue weighted by Gasteiger charge is -2.53. The maximum atomic E-state index is 12.7. The van der Waals surface area contributed by atoms with Crippen LogP contribution in [0.4, 0.5) is 0 Å². The summed E-state index contributed by atoms with van der Waals surface area (Å²) < 4.78 is 8.27. The molecule has 3 aliphatic rings. The number of benzene rings is 1. The van der Waals surface area contributed by atoms with Gasteiger partial charge in [0.2, 0.25) is 5.91 Å². The van der Waals surface area contributed by atoms with Gasteiger partial charge in [0.05, 0.1) is 11.8 Å². The quantitative estimate of drug-likeness (QED) is 0.810. The lowest BCUT2D eigenvalue weighted by Crippen LogP contribution is -2.59. The molecule has 3 fully saturated rings. The van der Waals surface area contributed by atoms with Crippen LogP contribution in [0, 0.1) is 28.6 Å². The minimum absolute atomic E-state index is 0.0141. The molecule has 1 N–H and O–H groups in total. The maximum absolute atomic E-state index is 12.7. The van der Waals surface area contributed by atoms with Crippen molar-refractivity contribution in [2.45, 2.75) is 59.1 Å². The molecule has 5 atom stereocenters. The molecule has 5 heteroatoms. The topological polar surface area (TPSA) is 56.2 Å². The zero-order valence-corrected chi connectivity index (χ0v) is 18.5. The third-order valence-corrected chi connectivity index (χ3v) is 8.31. The Hall–Kier alpha value is -2.14. The fraction of sp³-hybridized carbons (Fsp3) is 0.600. The van der Waals surface area contributed by atoms with Gasteiger partial charge in [-0.2, -0.15) is 5.10 Å². The fourth-order valence-corrected chi connectivity index (χ4v) is 6.66. The fourth-order valence-electron chi connectivity index (χ4n) is 6.66. The molecule has 0 radical (unpaired) electrons. The first kappa shape index (κ1) is 19.8. The van der Waals surface area contributed by atoms with Crippen molar-refractivity contribution >= 4 is 5.91 Å². The molecule has 1 aromatic carbocycles. The highest BCUT2D eigenvalue weighted by Crippen LogP contribution is 2.70. The van der Waals surface area contributed by atoms with Gasteiger partial charge in [-0.25, -0.2) is 4.68 Å². The average Bonchev–Trinajstić information content (AvgIpc) is 3.43. The average molecular weight is 408 g/mol. The predicted octanol–water partition coefficient (Wildman–Crippen LogP) is 4.53. The van der Waals surface area contributed by atoms with Crippen LogP contribution >= 0.6 is 0 Å². The summed E-state index contributed by atoms with van der Waals surface area (Å²) in [7, 11) is 0. The Morgan fingerprint density at radius 1 is 1.27 bits per heavy atom. The molecule has 1 aliphatic heterocycles.